The van der Waals surface area contributed by atoms with Gasteiger partial charge in [-0.05, 0) is 13.8 Å². The maximum Gasteiger partial charge on any atom is 0.328 e. The molecule has 1 aromatic rings. The average Bonchev–Trinajstić information content (AvgIpc) is 2.40. The fraction of sp³-hybridized carbons (Fsp3) is 0.692. The van der Waals surface area contributed by atoms with Crippen molar-refractivity contribution in [2.75, 3.05) is 6.61 Å². The van der Waals surface area contributed by atoms with Crippen molar-refractivity contribution in [1.29, 1.82) is 0 Å². The molecule has 0 spiro atoms. The van der Waals surface area contributed by atoms with Gasteiger partial charge in [0, 0.05) is 18.7 Å². The summed E-state index contributed by atoms with van der Waals surface area (Å²) in [5.74, 6) is 0. The van der Waals surface area contributed by atoms with E-state index in [0.29, 0.717) is 0 Å². The van der Waals surface area contributed by atoms with Crippen LogP contribution in [0.4, 0.5) is 0 Å². The fourth-order valence-electron chi connectivity index (χ4n) is 2.35. The SMILES string of the molecule is CC(C)O[C@H]1O[C@H](CO)[C@H](O)C[C@@H]1n1ccc(=O)[nH]c1=O. The Morgan fingerprint density at radius 3 is 2.81 bits per heavy atom. The van der Waals surface area contributed by atoms with E-state index in [4.69, 9.17) is 9.47 Å². The number of hydrogen-bond donors (Lipinski definition) is 3. The Labute approximate surface area is 120 Å². The zero-order valence-corrected chi connectivity index (χ0v) is 11.9. The Bertz CT molecular complexity index is 581. The first-order chi connectivity index (χ1) is 9.92. The summed E-state index contributed by atoms with van der Waals surface area (Å²) in [6.45, 7) is 3.29. The lowest BCUT2D eigenvalue weighted by Gasteiger charge is -2.39. The molecule has 0 unspecified atom stereocenters. The van der Waals surface area contributed by atoms with Crippen LogP contribution in [0, 0.1) is 0 Å². The van der Waals surface area contributed by atoms with E-state index in [1.165, 1.54) is 16.8 Å². The van der Waals surface area contributed by atoms with Crippen molar-refractivity contribution >= 4 is 0 Å². The molecule has 0 aliphatic carbocycles. The first-order valence-corrected chi connectivity index (χ1v) is 6.83. The number of rotatable bonds is 4. The third kappa shape index (κ3) is 3.59. The van der Waals surface area contributed by atoms with Crippen LogP contribution in [0.1, 0.15) is 26.3 Å². The van der Waals surface area contributed by atoms with Gasteiger partial charge in [0.1, 0.15) is 6.10 Å². The van der Waals surface area contributed by atoms with Crippen molar-refractivity contribution in [3.05, 3.63) is 33.1 Å². The fourth-order valence-corrected chi connectivity index (χ4v) is 2.35. The molecule has 0 bridgehead atoms. The molecule has 3 N–H and O–H groups in total. The summed E-state index contributed by atoms with van der Waals surface area (Å²) >= 11 is 0. The van der Waals surface area contributed by atoms with Crippen molar-refractivity contribution < 1.29 is 19.7 Å². The van der Waals surface area contributed by atoms with E-state index in [1.54, 1.807) is 0 Å². The van der Waals surface area contributed by atoms with Crippen LogP contribution in [0.25, 0.3) is 0 Å². The largest absolute Gasteiger partial charge is 0.394 e. The van der Waals surface area contributed by atoms with Gasteiger partial charge in [0.2, 0.25) is 0 Å². The lowest BCUT2D eigenvalue weighted by Crippen LogP contribution is -2.50. The number of hydrogen-bond acceptors (Lipinski definition) is 6. The summed E-state index contributed by atoms with van der Waals surface area (Å²) < 4.78 is 12.4. The molecule has 0 saturated carbocycles. The zero-order valence-electron chi connectivity index (χ0n) is 11.9. The summed E-state index contributed by atoms with van der Waals surface area (Å²) in [6, 6.07) is 0.632. The van der Waals surface area contributed by atoms with E-state index in [1.807, 2.05) is 13.8 Å². The highest BCUT2D eigenvalue weighted by molar-refractivity contribution is 4.91. The molecule has 1 aliphatic heterocycles. The minimum absolute atomic E-state index is 0.162. The molecule has 118 valence electrons. The second-order valence-electron chi connectivity index (χ2n) is 5.30. The molecule has 2 rings (SSSR count). The monoisotopic (exact) mass is 300 g/mol. The van der Waals surface area contributed by atoms with Crippen LogP contribution >= 0.6 is 0 Å². The van der Waals surface area contributed by atoms with Gasteiger partial charge < -0.3 is 19.7 Å². The molecular weight excluding hydrogens is 280 g/mol. The van der Waals surface area contributed by atoms with E-state index in [0.717, 1.165) is 0 Å². The minimum Gasteiger partial charge on any atom is -0.394 e. The highest BCUT2D eigenvalue weighted by Gasteiger charge is 2.39. The lowest BCUT2D eigenvalue weighted by molar-refractivity contribution is -0.261. The van der Waals surface area contributed by atoms with Crippen molar-refractivity contribution in [1.82, 2.24) is 9.55 Å². The zero-order chi connectivity index (χ0) is 15.6. The maximum absolute atomic E-state index is 11.9. The molecule has 1 aromatic heterocycles. The Hall–Kier alpha value is -1.48. The quantitative estimate of drug-likeness (QED) is 0.655. The maximum atomic E-state index is 11.9. The second-order valence-corrected chi connectivity index (χ2v) is 5.30. The van der Waals surface area contributed by atoms with Gasteiger partial charge in [-0.3, -0.25) is 14.3 Å². The second kappa shape index (κ2) is 6.52. The molecular formula is C13H20N2O6. The third-order valence-electron chi connectivity index (χ3n) is 3.33. The van der Waals surface area contributed by atoms with Crippen LogP contribution in [0.15, 0.2) is 21.9 Å². The number of ether oxygens (including phenoxy) is 2. The number of nitrogens with one attached hydrogen (secondary N) is 1. The van der Waals surface area contributed by atoms with Crippen LogP contribution in [0.5, 0.6) is 0 Å². The molecule has 0 radical (unpaired) electrons. The minimum atomic E-state index is -0.925. The van der Waals surface area contributed by atoms with Gasteiger partial charge in [-0.25, -0.2) is 4.79 Å². The van der Waals surface area contributed by atoms with Gasteiger partial charge in [0.25, 0.3) is 5.56 Å². The van der Waals surface area contributed by atoms with Crippen LogP contribution in [-0.2, 0) is 9.47 Å². The number of aromatic nitrogens is 2. The molecule has 0 aromatic carbocycles. The van der Waals surface area contributed by atoms with E-state index < -0.39 is 35.8 Å². The summed E-state index contributed by atoms with van der Waals surface area (Å²) in [7, 11) is 0. The number of aromatic amines is 1. The molecule has 1 fully saturated rings. The standard InChI is InChI=1S/C13H20N2O6/c1-7(2)20-12-8(5-9(17)10(6-16)21-12)15-4-3-11(18)14-13(15)19/h3-4,7-10,12,16-17H,5-6H2,1-2H3,(H,14,18,19)/t8-,9+,10+,12-/m0/s1. The number of nitrogens with zero attached hydrogens (tertiary/aromatic N) is 1. The Balaban J connectivity index is 2.33. The summed E-state index contributed by atoms with van der Waals surface area (Å²) in [5, 5.41) is 19.2. The highest BCUT2D eigenvalue weighted by atomic mass is 16.7. The lowest BCUT2D eigenvalue weighted by atomic mass is 10.0. The van der Waals surface area contributed by atoms with Gasteiger partial charge in [0.15, 0.2) is 6.29 Å². The predicted octanol–water partition coefficient (Wildman–Crippen LogP) is -1.03. The highest BCUT2D eigenvalue weighted by Crippen LogP contribution is 2.30. The first kappa shape index (κ1) is 15.9. The van der Waals surface area contributed by atoms with Gasteiger partial charge in [-0.1, -0.05) is 0 Å². The smallest absolute Gasteiger partial charge is 0.328 e. The molecule has 8 heteroatoms. The molecule has 21 heavy (non-hydrogen) atoms. The van der Waals surface area contributed by atoms with Gasteiger partial charge in [-0.15, -0.1) is 0 Å². The molecule has 4 atom stereocenters. The van der Waals surface area contributed by atoms with E-state index >= 15 is 0 Å². The molecule has 0 amide bonds. The molecule has 1 saturated heterocycles. The summed E-state index contributed by atoms with van der Waals surface area (Å²) in [4.78, 5) is 25.2. The van der Waals surface area contributed by atoms with E-state index in [-0.39, 0.29) is 19.1 Å². The summed E-state index contributed by atoms with van der Waals surface area (Å²) in [6.07, 6.45) is -1.12. The van der Waals surface area contributed by atoms with Gasteiger partial charge in [-0.2, -0.15) is 0 Å². The molecule has 8 nitrogen and oxygen atoms in total. The number of aliphatic hydroxyl groups is 2. The Morgan fingerprint density at radius 1 is 1.52 bits per heavy atom. The van der Waals surface area contributed by atoms with Crippen LogP contribution in [0.2, 0.25) is 0 Å². The number of H-pyrrole nitrogens is 1. The number of aliphatic hydroxyl groups excluding tert-OH is 2. The third-order valence-corrected chi connectivity index (χ3v) is 3.33. The average molecular weight is 300 g/mol. The Kier molecular flexibility index (Phi) is 4.94. The van der Waals surface area contributed by atoms with Crippen LogP contribution < -0.4 is 11.2 Å². The van der Waals surface area contributed by atoms with Crippen molar-refractivity contribution in [2.24, 2.45) is 0 Å². The first-order valence-electron chi connectivity index (χ1n) is 6.83. The molecule has 2 heterocycles. The topological polar surface area (TPSA) is 114 Å². The predicted molar refractivity (Wildman–Crippen MR) is 73.0 cm³/mol. The van der Waals surface area contributed by atoms with Crippen LogP contribution in [0.3, 0.4) is 0 Å². The van der Waals surface area contributed by atoms with E-state index in [9.17, 15) is 19.8 Å². The summed E-state index contributed by atoms with van der Waals surface area (Å²) in [5.41, 5.74) is -1.09. The van der Waals surface area contributed by atoms with Crippen molar-refractivity contribution in [2.45, 2.75) is 50.9 Å². The van der Waals surface area contributed by atoms with E-state index in [2.05, 4.69) is 4.98 Å². The van der Waals surface area contributed by atoms with Crippen LogP contribution in [-0.4, -0.2) is 51.0 Å². The van der Waals surface area contributed by atoms with Crippen molar-refractivity contribution in [3.63, 3.8) is 0 Å². The normalized spacial score (nSPS) is 29.8. The van der Waals surface area contributed by atoms with Gasteiger partial charge >= 0.3 is 5.69 Å². The molecule has 1 aliphatic rings. The van der Waals surface area contributed by atoms with Gasteiger partial charge in [0.05, 0.1) is 24.9 Å². The Morgan fingerprint density at radius 2 is 2.24 bits per heavy atom. The van der Waals surface area contributed by atoms with Crippen molar-refractivity contribution in [3.8, 4) is 0 Å².